The quantitative estimate of drug-likeness (QED) is 0.749. The van der Waals surface area contributed by atoms with Crippen LogP contribution in [-0.4, -0.2) is 22.7 Å². The second-order valence-corrected chi connectivity index (χ2v) is 3.85. The summed E-state index contributed by atoms with van der Waals surface area (Å²) in [6.45, 7) is 7.41. The lowest BCUT2D eigenvalue weighted by molar-refractivity contribution is 0.363. The summed E-state index contributed by atoms with van der Waals surface area (Å²) in [6, 6.07) is 0.511. The average Bonchev–Trinajstić information content (AvgIpc) is 2.64. The van der Waals surface area contributed by atoms with Crippen LogP contribution in [0.25, 0.3) is 0 Å². The fourth-order valence-corrected chi connectivity index (χ4v) is 1.51. The number of nitrogens with zero attached hydrogens (tertiary/aromatic N) is 2. The van der Waals surface area contributed by atoms with Gasteiger partial charge >= 0.3 is 0 Å². The average molecular weight is 211 g/mol. The van der Waals surface area contributed by atoms with E-state index >= 15 is 0 Å². The summed E-state index contributed by atoms with van der Waals surface area (Å²) in [5, 5.41) is 7.28. The van der Waals surface area contributed by atoms with Crippen molar-refractivity contribution in [3.63, 3.8) is 0 Å². The van der Waals surface area contributed by atoms with E-state index in [1.807, 2.05) is 0 Å². The summed E-state index contributed by atoms with van der Waals surface area (Å²) in [7, 11) is 0. The molecule has 1 N–H and O–H groups in total. The third-order valence-corrected chi connectivity index (χ3v) is 2.33. The van der Waals surface area contributed by atoms with Crippen molar-refractivity contribution in [3.05, 3.63) is 11.7 Å². The van der Waals surface area contributed by atoms with Gasteiger partial charge in [-0.1, -0.05) is 19.0 Å². The Hall–Kier alpha value is -0.900. The molecule has 1 atom stereocenters. The zero-order valence-corrected chi connectivity index (χ0v) is 9.92. The monoisotopic (exact) mass is 211 g/mol. The molecule has 0 aliphatic heterocycles. The van der Waals surface area contributed by atoms with Crippen LogP contribution in [0.15, 0.2) is 4.52 Å². The minimum atomic E-state index is 0.511. The van der Waals surface area contributed by atoms with Crippen LogP contribution in [0.1, 0.15) is 45.3 Å². The summed E-state index contributed by atoms with van der Waals surface area (Å²) in [5.74, 6) is 1.60. The van der Waals surface area contributed by atoms with Crippen molar-refractivity contribution in [1.82, 2.24) is 15.5 Å². The van der Waals surface area contributed by atoms with Gasteiger partial charge in [-0.2, -0.15) is 4.98 Å². The van der Waals surface area contributed by atoms with Gasteiger partial charge in [-0.25, -0.2) is 0 Å². The molecule has 1 unspecified atom stereocenters. The van der Waals surface area contributed by atoms with E-state index in [9.17, 15) is 0 Å². The Morgan fingerprint density at radius 3 is 2.80 bits per heavy atom. The van der Waals surface area contributed by atoms with Gasteiger partial charge < -0.3 is 9.84 Å². The first-order chi connectivity index (χ1) is 7.26. The highest BCUT2D eigenvalue weighted by Gasteiger charge is 2.07. The minimum absolute atomic E-state index is 0.511. The van der Waals surface area contributed by atoms with Crippen LogP contribution in [0, 0.1) is 0 Å². The molecule has 0 aromatic carbocycles. The SMILES string of the molecule is CCCc1noc(CCC(C)NCC)n1. The van der Waals surface area contributed by atoms with Crippen molar-refractivity contribution in [3.8, 4) is 0 Å². The molecule has 1 aromatic heterocycles. The minimum Gasteiger partial charge on any atom is -0.339 e. The smallest absolute Gasteiger partial charge is 0.226 e. The molecule has 15 heavy (non-hydrogen) atoms. The summed E-state index contributed by atoms with van der Waals surface area (Å²) in [4.78, 5) is 4.33. The van der Waals surface area contributed by atoms with Gasteiger partial charge in [-0.15, -0.1) is 0 Å². The van der Waals surface area contributed by atoms with Crippen molar-refractivity contribution in [2.24, 2.45) is 0 Å². The van der Waals surface area contributed by atoms with Gasteiger partial charge in [0.15, 0.2) is 5.82 Å². The molecule has 1 rings (SSSR count). The molecule has 0 aliphatic rings. The van der Waals surface area contributed by atoms with E-state index in [-0.39, 0.29) is 0 Å². The van der Waals surface area contributed by atoms with Crippen molar-refractivity contribution in [2.75, 3.05) is 6.54 Å². The zero-order chi connectivity index (χ0) is 11.1. The van der Waals surface area contributed by atoms with Crippen LogP contribution in [0.5, 0.6) is 0 Å². The Labute approximate surface area is 91.5 Å². The van der Waals surface area contributed by atoms with E-state index in [1.54, 1.807) is 0 Å². The first kappa shape index (κ1) is 12.2. The lowest BCUT2D eigenvalue weighted by Crippen LogP contribution is -2.25. The summed E-state index contributed by atoms with van der Waals surface area (Å²) in [6.07, 6.45) is 3.88. The Balaban J connectivity index is 2.30. The molecule has 1 heterocycles. The lowest BCUT2D eigenvalue weighted by atomic mass is 10.2. The highest BCUT2D eigenvalue weighted by Crippen LogP contribution is 2.04. The number of rotatable bonds is 7. The third-order valence-electron chi connectivity index (χ3n) is 2.33. The molecule has 0 spiro atoms. The van der Waals surface area contributed by atoms with Crippen molar-refractivity contribution >= 4 is 0 Å². The van der Waals surface area contributed by atoms with Gasteiger partial charge in [0, 0.05) is 18.9 Å². The predicted molar refractivity (Wildman–Crippen MR) is 59.8 cm³/mol. The summed E-state index contributed by atoms with van der Waals surface area (Å²) < 4.78 is 5.16. The van der Waals surface area contributed by atoms with Gasteiger partial charge in [0.05, 0.1) is 0 Å². The van der Waals surface area contributed by atoms with Crippen LogP contribution in [0.2, 0.25) is 0 Å². The number of hydrogen-bond acceptors (Lipinski definition) is 4. The van der Waals surface area contributed by atoms with Crippen molar-refractivity contribution < 1.29 is 4.52 Å². The fraction of sp³-hybridized carbons (Fsp3) is 0.818. The van der Waals surface area contributed by atoms with E-state index in [0.29, 0.717) is 6.04 Å². The zero-order valence-electron chi connectivity index (χ0n) is 9.92. The fourth-order valence-electron chi connectivity index (χ4n) is 1.51. The maximum atomic E-state index is 5.16. The van der Waals surface area contributed by atoms with Gasteiger partial charge in [-0.3, -0.25) is 0 Å². The Bertz CT molecular complexity index is 273. The molecule has 0 bridgehead atoms. The van der Waals surface area contributed by atoms with E-state index in [4.69, 9.17) is 4.52 Å². The molecule has 0 radical (unpaired) electrons. The van der Waals surface area contributed by atoms with E-state index in [1.165, 1.54) is 0 Å². The maximum absolute atomic E-state index is 5.16. The molecule has 0 saturated carbocycles. The molecule has 1 aromatic rings. The van der Waals surface area contributed by atoms with Crippen LogP contribution >= 0.6 is 0 Å². The van der Waals surface area contributed by atoms with Gasteiger partial charge in [0.25, 0.3) is 0 Å². The Kier molecular flexibility index (Phi) is 5.32. The predicted octanol–water partition coefficient (Wildman–Crippen LogP) is 1.95. The third kappa shape index (κ3) is 4.42. The second-order valence-electron chi connectivity index (χ2n) is 3.85. The van der Waals surface area contributed by atoms with Crippen LogP contribution in [0.4, 0.5) is 0 Å². The second kappa shape index (κ2) is 6.56. The molecule has 0 amide bonds. The van der Waals surface area contributed by atoms with Gasteiger partial charge in [0.2, 0.25) is 5.89 Å². The topological polar surface area (TPSA) is 51.0 Å². The van der Waals surface area contributed by atoms with E-state index in [0.717, 1.165) is 43.9 Å². The van der Waals surface area contributed by atoms with Crippen LogP contribution < -0.4 is 5.32 Å². The maximum Gasteiger partial charge on any atom is 0.226 e. The van der Waals surface area contributed by atoms with Crippen molar-refractivity contribution in [1.29, 1.82) is 0 Å². The lowest BCUT2D eigenvalue weighted by Gasteiger charge is -2.09. The molecular formula is C11H21N3O. The van der Waals surface area contributed by atoms with E-state index in [2.05, 4.69) is 36.2 Å². The molecule has 0 saturated heterocycles. The highest BCUT2D eigenvalue weighted by molar-refractivity contribution is 4.87. The standard InChI is InChI=1S/C11H21N3O/c1-4-6-10-13-11(15-14-10)8-7-9(3)12-5-2/h9,12H,4-8H2,1-3H3. The van der Waals surface area contributed by atoms with Gasteiger partial charge in [-0.05, 0) is 26.3 Å². The number of nitrogens with one attached hydrogen (secondary N) is 1. The molecular weight excluding hydrogens is 190 g/mol. The first-order valence-corrected chi connectivity index (χ1v) is 5.81. The molecule has 4 heteroatoms. The molecule has 4 nitrogen and oxygen atoms in total. The number of aryl methyl sites for hydroxylation is 2. The van der Waals surface area contributed by atoms with Crippen LogP contribution in [0.3, 0.4) is 0 Å². The van der Waals surface area contributed by atoms with E-state index < -0.39 is 0 Å². The van der Waals surface area contributed by atoms with Crippen LogP contribution in [-0.2, 0) is 12.8 Å². The highest BCUT2D eigenvalue weighted by atomic mass is 16.5. The first-order valence-electron chi connectivity index (χ1n) is 5.81. The molecule has 0 fully saturated rings. The normalized spacial score (nSPS) is 13.0. The molecule has 86 valence electrons. The number of hydrogen-bond donors (Lipinski definition) is 1. The molecule has 0 aliphatic carbocycles. The Morgan fingerprint density at radius 2 is 2.13 bits per heavy atom. The summed E-state index contributed by atoms with van der Waals surface area (Å²) >= 11 is 0. The summed E-state index contributed by atoms with van der Waals surface area (Å²) in [5.41, 5.74) is 0. The number of aromatic nitrogens is 2. The van der Waals surface area contributed by atoms with Gasteiger partial charge in [0.1, 0.15) is 0 Å². The largest absolute Gasteiger partial charge is 0.339 e. The Morgan fingerprint density at radius 1 is 1.33 bits per heavy atom. The van der Waals surface area contributed by atoms with Crippen molar-refractivity contribution in [2.45, 2.75) is 52.5 Å².